The Hall–Kier alpha value is -1.95. The maximum atomic E-state index is 13.4. The van der Waals surface area contributed by atoms with E-state index in [0.717, 1.165) is 11.1 Å². The second-order valence-corrected chi connectivity index (χ2v) is 3.27. The molecule has 0 radical (unpaired) electrons. The zero-order chi connectivity index (χ0) is 10.7. The van der Waals surface area contributed by atoms with Gasteiger partial charge in [0, 0.05) is 23.9 Å². The van der Waals surface area contributed by atoms with E-state index in [1.54, 1.807) is 6.07 Å². The molecule has 0 spiro atoms. The van der Waals surface area contributed by atoms with Crippen molar-refractivity contribution in [2.75, 3.05) is 0 Å². The number of pyridine rings is 1. The van der Waals surface area contributed by atoms with Crippen molar-refractivity contribution in [3.8, 4) is 6.07 Å². The molecule has 74 valence electrons. The summed E-state index contributed by atoms with van der Waals surface area (Å²) >= 11 is 0. The van der Waals surface area contributed by atoms with E-state index < -0.39 is 0 Å². The molecule has 0 bridgehead atoms. The van der Waals surface area contributed by atoms with E-state index in [9.17, 15) is 4.39 Å². The molecule has 0 saturated heterocycles. The maximum absolute atomic E-state index is 13.4. The predicted octanol–water partition coefficient (Wildman–Crippen LogP) is 2.83. The summed E-state index contributed by atoms with van der Waals surface area (Å²) in [7, 11) is 0. The molecular formula is C12H9FN2. The Morgan fingerprint density at radius 2 is 2.13 bits per heavy atom. The molecule has 0 saturated carbocycles. The van der Waals surface area contributed by atoms with Crippen LogP contribution in [-0.2, 0) is 6.42 Å². The van der Waals surface area contributed by atoms with Crippen molar-refractivity contribution in [1.29, 1.82) is 5.26 Å². The molecule has 1 heterocycles. The Bertz CT molecular complexity index is 529. The van der Waals surface area contributed by atoms with Gasteiger partial charge in [0.1, 0.15) is 11.3 Å². The lowest BCUT2D eigenvalue weighted by molar-refractivity contribution is 0.636. The zero-order valence-electron chi connectivity index (χ0n) is 8.07. The van der Waals surface area contributed by atoms with E-state index in [-0.39, 0.29) is 5.82 Å². The first-order chi connectivity index (χ1) is 7.31. The molecule has 15 heavy (non-hydrogen) atoms. The Morgan fingerprint density at radius 3 is 2.93 bits per heavy atom. The predicted molar refractivity (Wildman–Crippen MR) is 55.6 cm³/mol. The smallest absolute Gasteiger partial charge is 0.149 e. The number of fused-ring (bicyclic) bond motifs is 1. The van der Waals surface area contributed by atoms with Gasteiger partial charge in [-0.15, -0.1) is 0 Å². The summed E-state index contributed by atoms with van der Waals surface area (Å²) in [6, 6.07) is 10.6. The zero-order valence-corrected chi connectivity index (χ0v) is 8.07. The molecule has 0 amide bonds. The van der Waals surface area contributed by atoms with E-state index in [1.165, 1.54) is 6.07 Å². The van der Waals surface area contributed by atoms with E-state index in [1.807, 2.05) is 24.3 Å². The number of aromatic nitrogens is 1. The van der Waals surface area contributed by atoms with Crippen LogP contribution >= 0.6 is 0 Å². The first-order valence-corrected chi connectivity index (χ1v) is 4.72. The van der Waals surface area contributed by atoms with Crippen molar-refractivity contribution in [3.63, 3.8) is 0 Å². The van der Waals surface area contributed by atoms with Crippen molar-refractivity contribution >= 4 is 10.9 Å². The molecule has 0 aliphatic heterocycles. The number of rotatable bonds is 2. The third-order valence-electron chi connectivity index (χ3n) is 2.22. The summed E-state index contributed by atoms with van der Waals surface area (Å²) in [5.41, 5.74) is 1.14. The molecule has 2 nitrogen and oxygen atoms in total. The molecule has 3 heteroatoms. The number of benzene rings is 1. The summed E-state index contributed by atoms with van der Waals surface area (Å²) in [6.45, 7) is 0. The summed E-state index contributed by atoms with van der Waals surface area (Å²) in [5, 5.41) is 9.23. The van der Waals surface area contributed by atoms with Crippen LogP contribution in [0.2, 0.25) is 0 Å². The minimum Gasteiger partial charge on any atom is -0.250 e. The van der Waals surface area contributed by atoms with Crippen LogP contribution in [0.25, 0.3) is 10.9 Å². The minimum atomic E-state index is -0.314. The fourth-order valence-corrected chi connectivity index (χ4v) is 1.47. The highest BCUT2D eigenvalue weighted by atomic mass is 19.1. The van der Waals surface area contributed by atoms with Crippen molar-refractivity contribution in [1.82, 2.24) is 4.98 Å². The molecule has 1 aromatic heterocycles. The van der Waals surface area contributed by atoms with Gasteiger partial charge in [0.2, 0.25) is 0 Å². The average Bonchev–Trinajstić information content (AvgIpc) is 2.27. The quantitative estimate of drug-likeness (QED) is 0.747. The molecule has 0 atom stereocenters. The van der Waals surface area contributed by atoms with Gasteiger partial charge in [-0.3, -0.25) is 0 Å². The number of aryl methyl sites for hydroxylation is 1. The molecule has 0 aliphatic carbocycles. The highest BCUT2D eigenvalue weighted by Crippen LogP contribution is 2.16. The Balaban J connectivity index is 2.46. The van der Waals surface area contributed by atoms with Crippen LogP contribution < -0.4 is 0 Å². The van der Waals surface area contributed by atoms with Gasteiger partial charge in [-0.2, -0.15) is 5.26 Å². The molecule has 0 aliphatic rings. The van der Waals surface area contributed by atoms with Crippen LogP contribution in [0.3, 0.4) is 0 Å². The highest BCUT2D eigenvalue weighted by Gasteiger charge is 2.02. The third-order valence-corrected chi connectivity index (χ3v) is 2.22. The van der Waals surface area contributed by atoms with Crippen molar-refractivity contribution in [3.05, 3.63) is 41.8 Å². The van der Waals surface area contributed by atoms with E-state index in [4.69, 9.17) is 5.26 Å². The van der Waals surface area contributed by atoms with E-state index >= 15 is 0 Å². The Morgan fingerprint density at radius 1 is 1.27 bits per heavy atom. The number of nitrogens with zero attached hydrogens (tertiary/aromatic N) is 2. The fourth-order valence-electron chi connectivity index (χ4n) is 1.47. The fraction of sp³-hybridized carbons (Fsp3) is 0.167. The normalized spacial score (nSPS) is 10.1. The van der Waals surface area contributed by atoms with Gasteiger partial charge in [0.05, 0.1) is 6.07 Å². The Labute approximate surface area is 87.0 Å². The van der Waals surface area contributed by atoms with Crippen LogP contribution in [0.4, 0.5) is 4.39 Å². The lowest BCUT2D eigenvalue weighted by atomic mass is 10.1. The highest BCUT2D eigenvalue weighted by molar-refractivity contribution is 5.79. The second-order valence-electron chi connectivity index (χ2n) is 3.27. The molecule has 1 aromatic carbocycles. The number of nitriles is 1. The number of hydrogen-bond donors (Lipinski definition) is 0. The molecule has 0 N–H and O–H groups in total. The topological polar surface area (TPSA) is 36.7 Å². The first-order valence-electron chi connectivity index (χ1n) is 4.72. The van der Waals surface area contributed by atoms with Gasteiger partial charge in [-0.25, -0.2) is 9.37 Å². The Kier molecular flexibility index (Phi) is 2.59. The molecule has 0 unspecified atom stereocenters. The standard InChI is InChI=1S/C12H9FN2/c13-11-5-1-3-9-6-7-10(4-2-8-14)15-12(9)11/h1,3,5-7H,2,4H2. The summed E-state index contributed by atoms with van der Waals surface area (Å²) in [4.78, 5) is 4.19. The number of halogens is 1. The van der Waals surface area contributed by atoms with Gasteiger partial charge >= 0.3 is 0 Å². The van der Waals surface area contributed by atoms with Crippen LogP contribution in [0, 0.1) is 17.1 Å². The van der Waals surface area contributed by atoms with Gasteiger partial charge in [-0.05, 0) is 12.1 Å². The molecule has 0 fully saturated rings. The van der Waals surface area contributed by atoms with Crippen LogP contribution in [-0.4, -0.2) is 4.98 Å². The molecule has 2 rings (SSSR count). The maximum Gasteiger partial charge on any atom is 0.149 e. The molecule has 2 aromatic rings. The van der Waals surface area contributed by atoms with Crippen LogP contribution in [0.15, 0.2) is 30.3 Å². The first kappa shape index (κ1) is 9.60. The number of para-hydroxylation sites is 1. The van der Waals surface area contributed by atoms with Crippen molar-refractivity contribution < 1.29 is 4.39 Å². The summed E-state index contributed by atoms with van der Waals surface area (Å²) in [5.74, 6) is -0.314. The summed E-state index contributed by atoms with van der Waals surface area (Å²) < 4.78 is 13.4. The lowest BCUT2D eigenvalue weighted by Gasteiger charge is -2.01. The second kappa shape index (κ2) is 4.05. The van der Waals surface area contributed by atoms with Gasteiger partial charge in [0.25, 0.3) is 0 Å². The van der Waals surface area contributed by atoms with Gasteiger partial charge in [-0.1, -0.05) is 18.2 Å². The van der Waals surface area contributed by atoms with E-state index in [0.29, 0.717) is 18.4 Å². The number of hydrogen-bond acceptors (Lipinski definition) is 2. The van der Waals surface area contributed by atoms with Gasteiger partial charge in [0.15, 0.2) is 0 Å². The van der Waals surface area contributed by atoms with Gasteiger partial charge < -0.3 is 0 Å². The SMILES string of the molecule is N#CCCc1ccc2cccc(F)c2n1. The van der Waals surface area contributed by atoms with E-state index in [2.05, 4.69) is 4.98 Å². The summed E-state index contributed by atoms with van der Waals surface area (Å²) in [6.07, 6.45) is 0.980. The van der Waals surface area contributed by atoms with Crippen molar-refractivity contribution in [2.45, 2.75) is 12.8 Å². The third kappa shape index (κ3) is 1.94. The largest absolute Gasteiger partial charge is 0.250 e. The monoisotopic (exact) mass is 200 g/mol. The van der Waals surface area contributed by atoms with Crippen molar-refractivity contribution in [2.24, 2.45) is 0 Å². The van der Waals surface area contributed by atoms with Crippen LogP contribution in [0.5, 0.6) is 0 Å². The van der Waals surface area contributed by atoms with Crippen LogP contribution in [0.1, 0.15) is 12.1 Å². The minimum absolute atomic E-state index is 0.314. The molecular weight excluding hydrogens is 191 g/mol. The average molecular weight is 200 g/mol. The lowest BCUT2D eigenvalue weighted by Crippen LogP contribution is -1.91.